The molecule has 92 heavy (non-hydrogen) atoms. The van der Waals surface area contributed by atoms with Gasteiger partial charge in [-0.3, -0.25) is 38.4 Å². The summed E-state index contributed by atoms with van der Waals surface area (Å²) in [7, 11) is 3.35. The van der Waals surface area contributed by atoms with Gasteiger partial charge in [-0.05, 0) is 125 Å². The lowest BCUT2D eigenvalue weighted by atomic mass is 9.83. The van der Waals surface area contributed by atoms with Crippen LogP contribution in [0.25, 0.3) is 0 Å². The lowest BCUT2D eigenvalue weighted by molar-refractivity contribution is -0.143. The number of likely N-dealkylation sites (tertiary alicyclic amines) is 2. The molecule has 4 aliphatic rings. The molecule has 0 unspecified atom stereocenters. The predicted molar refractivity (Wildman–Crippen MR) is 350 cm³/mol. The third-order valence-corrected chi connectivity index (χ3v) is 18.7. The molecule has 0 spiro atoms. The fourth-order valence-corrected chi connectivity index (χ4v) is 13.1. The third-order valence-electron chi connectivity index (χ3n) is 18.7. The third kappa shape index (κ3) is 18.5. The molecule has 2 aliphatic carbocycles. The molecule has 2 saturated carbocycles. The van der Waals surface area contributed by atoms with E-state index in [0.717, 1.165) is 86.5 Å². The van der Waals surface area contributed by atoms with Crippen LogP contribution in [0.4, 0.5) is 0 Å². The number of likely N-dealkylation sites (N-methyl/N-ethyl adjacent to an activating group) is 2. The standard InChI is InChI=1S/C72H92N10O10/c1-47(73-3)65(83)79-63(53-31-19-9-20-32-53)71(89)81-41-57(39-61(81)69(87)77-59(51-27-15-7-16-28-51)45-91-43-49-23-11-5-12-24-49)75-67(85)55-35-37-56(38-36-55)68(86)76-58-40-62(82(42-58)72(90)64(54-33-21-10-22-34-54)80-66(84)48(2)74-4)70(88)78-60(52-29-17-8-18-30-52)46-92-44-50-25-13-6-14-26-50/h5-8,11-18,23-30,35-38,47-48,53-54,57-64,73-74H,9-10,19-22,31-34,39-46H2,1-4H3,(H,75,85)(H,76,86)(H,77,87)(H,78,88)(H,79,83)(H,80,84)/t47-,48-,57-,58-,59+,60+,61-,62-,63-,64-/m0/s1. The van der Waals surface area contributed by atoms with Crippen molar-refractivity contribution in [2.75, 3.05) is 40.4 Å². The molecule has 0 bridgehead atoms. The second-order valence-corrected chi connectivity index (χ2v) is 25.1. The minimum Gasteiger partial charge on any atom is -0.374 e. The highest BCUT2D eigenvalue weighted by molar-refractivity contribution is 5.99. The van der Waals surface area contributed by atoms with Gasteiger partial charge < -0.3 is 61.8 Å². The van der Waals surface area contributed by atoms with Crippen LogP contribution in [0.2, 0.25) is 0 Å². The molecule has 2 heterocycles. The van der Waals surface area contributed by atoms with E-state index in [0.29, 0.717) is 13.2 Å². The van der Waals surface area contributed by atoms with E-state index in [1.54, 1.807) is 27.9 Å². The number of benzene rings is 5. The number of nitrogens with zero attached hydrogens (tertiary/aromatic N) is 2. The van der Waals surface area contributed by atoms with Crippen LogP contribution in [0.1, 0.15) is 146 Å². The first-order valence-corrected chi connectivity index (χ1v) is 32.9. The first-order valence-electron chi connectivity index (χ1n) is 32.9. The van der Waals surface area contributed by atoms with E-state index in [4.69, 9.17) is 9.47 Å². The Balaban J connectivity index is 0.913. The van der Waals surface area contributed by atoms with Crippen LogP contribution in [0, 0.1) is 11.8 Å². The van der Waals surface area contributed by atoms with Crippen molar-refractivity contribution in [1.82, 2.24) is 52.3 Å². The summed E-state index contributed by atoms with van der Waals surface area (Å²) in [6.07, 6.45) is 8.72. The molecule has 8 amide bonds. The van der Waals surface area contributed by atoms with Crippen molar-refractivity contribution in [3.05, 3.63) is 179 Å². The van der Waals surface area contributed by atoms with Crippen molar-refractivity contribution in [2.24, 2.45) is 11.8 Å². The van der Waals surface area contributed by atoms with Gasteiger partial charge in [0.25, 0.3) is 11.8 Å². The maximum atomic E-state index is 15.1. The van der Waals surface area contributed by atoms with Crippen molar-refractivity contribution in [2.45, 2.75) is 165 Å². The zero-order valence-electron chi connectivity index (χ0n) is 53.5. The van der Waals surface area contributed by atoms with E-state index in [9.17, 15) is 28.8 Å². The molecule has 0 radical (unpaired) electrons. The van der Waals surface area contributed by atoms with E-state index >= 15 is 9.59 Å². The summed E-state index contributed by atoms with van der Waals surface area (Å²) < 4.78 is 12.4. The molecular weight excluding hydrogens is 1160 g/mol. The van der Waals surface area contributed by atoms with Crippen LogP contribution in [-0.4, -0.2) is 146 Å². The fraction of sp³-hybridized carbons (Fsp3) is 0.472. The highest BCUT2D eigenvalue weighted by Crippen LogP contribution is 2.33. The molecule has 9 rings (SSSR count). The van der Waals surface area contributed by atoms with Gasteiger partial charge in [-0.25, -0.2) is 0 Å². The van der Waals surface area contributed by atoms with Crippen LogP contribution >= 0.6 is 0 Å². The van der Waals surface area contributed by atoms with Crippen LogP contribution in [0.5, 0.6) is 0 Å². The fourth-order valence-electron chi connectivity index (χ4n) is 13.1. The minimum atomic E-state index is -1.03. The Morgan fingerprint density at radius 1 is 0.446 bits per heavy atom. The van der Waals surface area contributed by atoms with Gasteiger partial charge in [0.2, 0.25) is 35.4 Å². The molecular formula is C72H92N10O10. The summed E-state index contributed by atoms with van der Waals surface area (Å²) in [5.41, 5.74) is 4.00. The lowest BCUT2D eigenvalue weighted by Crippen LogP contribution is -2.58. The SMILES string of the molecule is CN[C@@H](C)C(=O)N[C@H](C(=O)N1C[C@@H](NC(=O)c2ccc(C(=O)N[C@H]3C[C@@H](C(=O)N[C@H](COCc4ccccc4)c4ccccc4)N(C(=O)[C@@H](NC(=O)[C@H](C)NC)C4CCCCC4)C3)cc2)C[C@H]1C(=O)N[C@H](COCc1ccccc1)c1ccccc1)C1CCCCC1. The van der Waals surface area contributed by atoms with Crippen molar-refractivity contribution >= 4 is 47.3 Å². The van der Waals surface area contributed by atoms with Crippen molar-refractivity contribution in [3.63, 3.8) is 0 Å². The highest BCUT2D eigenvalue weighted by atomic mass is 16.5. The number of hydrogen-bond acceptors (Lipinski definition) is 12. The number of hydrogen-bond donors (Lipinski definition) is 8. The Kier molecular flexibility index (Phi) is 25.0. The molecule has 20 nitrogen and oxygen atoms in total. The lowest BCUT2D eigenvalue weighted by Gasteiger charge is -2.35. The largest absolute Gasteiger partial charge is 0.374 e. The summed E-state index contributed by atoms with van der Waals surface area (Å²) in [6, 6.07) is 36.9. The monoisotopic (exact) mass is 1260 g/mol. The average molecular weight is 1260 g/mol. The Hall–Kier alpha value is -8.30. The van der Waals surface area contributed by atoms with Gasteiger partial charge in [0.15, 0.2) is 0 Å². The Morgan fingerprint density at radius 2 is 0.783 bits per heavy atom. The van der Waals surface area contributed by atoms with E-state index < -0.39 is 95.9 Å². The molecule has 4 fully saturated rings. The van der Waals surface area contributed by atoms with E-state index in [1.807, 2.05) is 121 Å². The number of nitrogens with one attached hydrogen (secondary N) is 8. The number of carbonyl (C=O) groups excluding carboxylic acids is 8. The minimum absolute atomic E-state index is 0.0119. The molecule has 5 aromatic rings. The maximum absolute atomic E-state index is 15.1. The molecule has 5 aromatic carbocycles. The van der Waals surface area contributed by atoms with Gasteiger partial charge in [0.05, 0.1) is 50.6 Å². The molecule has 2 saturated heterocycles. The predicted octanol–water partition coefficient (Wildman–Crippen LogP) is 6.58. The quantitative estimate of drug-likeness (QED) is 0.0264. The van der Waals surface area contributed by atoms with Crippen LogP contribution in [0.15, 0.2) is 146 Å². The number of rotatable bonds is 28. The number of ether oxygens (including phenoxy) is 2. The first-order chi connectivity index (χ1) is 44.7. The molecule has 2 aliphatic heterocycles. The van der Waals surface area contributed by atoms with Crippen LogP contribution < -0.4 is 42.5 Å². The van der Waals surface area contributed by atoms with Gasteiger partial charge >= 0.3 is 0 Å². The van der Waals surface area contributed by atoms with Gasteiger partial charge in [0, 0.05) is 36.3 Å². The van der Waals surface area contributed by atoms with Crippen molar-refractivity contribution < 1.29 is 47.8 Å². The summed E-state index contributed by atoms with van der Waals surface area (Å²) in [6.45, 7) is 4.33. The molecule has 0 aromatic heterocycles. The number of carbonyl (C=O) groups is 8. The summed E-state index contributed by atoms with van der Waals surface area (Å²) in [4.78, 5) is 119. The number of amides is 8. The molecule has 8 N–H and O–H groups in total. The summed E-state index contributed by atoms with van der Waals surface area (Å²) >= 11 is 0. The van der Waals surface area contributed by atoms with Crippen molar-refractivity contribution in [1.29, 1.82) is 0 Å². The van der Waals surface area contributed by atoms with Gasteiger partial charge in [-0.2, -0.15) is 0 Å². The smallest absolute Gasteiger partial charge is 0.251 e. The van der Waals surface area contributed by atoms with Gasteiger partial charge in [0.1, 0.15) is 24.2 Å². The Labute approximate surface area is 540 Å². The zero-order valence-corrected chi connectivity index (χ0v) is 53.5. The van der Waals surface area contributed by atoms with Crippen molar-refractivity contribution in [3.8, 4) is 0 Å². The van der Waals surface area contributed by atoms with E-state index in [1.165, 1.54) is 34.1 Å². The molecule has 490 valence electrons. The van der Waals surface area contributed by atoms with Gasteiger partial charge in [-0.15, -0.1) is 0 Å². The summed E-state index contributed by atoms with van der Waals surface area (Å²) in [5.74, 6) is -3.62. The van der Waals surface area contributed by atoms with E-state index in [2.05, 4.69) is 42.5 Å². The van der Waals surface area contributed by atoms with Crippen LogP contribution in [-0.2, 0) is 51.5 Å². The molecule has 20 heteroatoms. The second kappa shape index (κ2) is 33.9. The van der Waals surface area contributed by atoms with Crippen LogP contribution in [0.3, 0.4) is 0 Å². The first kappa shape index (κ1) is 68.1. The molecule has 10 atom stereocenters. The average Bonchev–Trinajstić information content (AvgIpc) is 1.75. The zero-order chi connectivity index (χ0) is 64.9. The summed E-state index contributed by atoms with van der Waals surface area (Å²) in [5, 5.41) is 24.6. The van der Waals surface area contributed by atoms with E-state index in [-0.39, 0.29) is 73.9 Å². The normalized spacial score (nSPS) is 20.5. The maximum Gasteiger partial charge on any atom is 0.251 e. The Bertz CT molecular complexity index is 3010. The second-order valence-electron chi connectivity index (χ2n) is 25.1. The topological polar surface area (TPSA) is 258 Å². The van der Waals surface area contributed by atoms with Gasteiger partial charge in [-0.1, -0.05) is 160 Å². The Morgan fingerprint density at radius 3 is 1.12 bits per heavy atom. The highest BCUT2D eigenvalue weighted by Gasteiger charge is 2.47.